The molecule has 1 aliphatic carbocycles. The highest BCUT2D eigenvalue weighted by Gasteiger charge is 2.26. The zero-order chi connectivity index (χ0) is 25.4. The molecule has 3 aromatic carbocycles. The van der Waals surface area contributed by atoms with Crippen LogP contribution in [0.25, 0.3) is 0 Å². The fourth-order valence-electron chi connectivity index (χ4n) is 4.46. The van der Waals surface area contributed by atoms with Crippen LogP contribution in [-0.2, 0) is 27.9 Å². The third kappa shape index (κ3) is 6.95. The predicted octanol–water partition coefficient (Wildman–Crippen LogP) is 5.29. The molecule has 1 atom stereocenters. The lowest BCUT2D eigenvalue weighted by molar-refractivity contribution is -0.128. The van der Waals surface area contributed by atoms with Gasteiger partial charge in [0.2, 0.25) is 10.0 Å². The van der Waals surface area contributed by atoms with Crippen molar-refractivity contribution in [2.45, 2.75) is 69.2 Å². The van der Waals surface area contributed by atoms with E-state index in [1.165, 1.54) is 10.7 Å². The highest BCUT2D eigenvalue weighted by molar-refractivity contribution is 7.89. The third-order valence-electron chi connectivity index (χ3n) is 6.50. The van der Waals surface area contributed by atoms with E-state index < -0.39 is 16.1 Å². The summed E-state index contributed by atoms with van der Waals surface area (Å²) in [4.78, 5) is 12.7. The van der Waals surface area contributed by atoms with Crippen molar-refractivity contribution in [3.63, 3.8) is 0 Å². The Kier molecular flexibility index (Phi) is 8.78. The number of rotatable bonds is 10. The number of benzene rings is 3. The molecule has 3 aromatic rings. The molecule has 1 amide bonds. The molecular weight excluding hydrogens is 472 g/mol. The minimum absolute atomic E-state index is 0.143. The number of amides is 1. The largest absolute Gasteiger partial charge is 0.481 e. The quantitative estimate of drug-likeness (QED) is 0.405. The van der Waals surface area contributed by atoms with Crippen molar-refractivity contribution in [2.24, 2.45) is 0 Å². The third-order valence-corrected chi connectivity index (χ3v) is 8.30. The van der Waals surface area contributed by atoms with Crippen LogP contribution in [0.2, 0.25) is 0 Å². The van der Waals surface area contributed by atoms with Crippen LogP contribution in [0.1, 0.15) is 50.2 Å². The lowest BCUT2D eigenvalue weighted by Crippen LogP contribution is -2.43. The van der Waals surface area contributed by atoms with E-state index in [4.69, 9.17) is 4.74 Å². The molecule has 1 N–H and O–H groups in total. The summed E-state index contributed by atoms with van der Waals surface area (Å²) >= 11 is 0. The minimum Gasteiger partial charge on any atom is -0.481 e. The first-order chi connectivity index (χ1) is 17.4. The Hall–Kier alpha value is -3.16. The maximum Gasteiger partial charge on any atom is 0.260 e. The fraction of sp³-hybridized carbons (Fsp3) is 0.345. The van der Waals surface area contributed by atoms with E-state index in [1.807, 2.05) is 60.7 Å². The van der Waals surface area contributed by atoms with Gasteiger partial charge in [-0.25, -0.2) is 8.42 Å². The Bertz CT molecular complexity index is 1170. The first-order valence-corrected chi connectivity index (χ1v) is 14.0. The Labute approximate surface area is 214 Å². The number of nitrogens with zero attached hydrogens (tertiary/aromatic N) is 1. The van der Waals surface area contributed by atoms with Gasteiger partial charge in [-0.1, -0.05) is 79.9 Å². The van der Waals surface area contributed by atoms with Gasteiger partial charge in [0.05, 0.1) is 4.90 Å². The average molecular weight is 507 g/mol. The average Bonchev–Trinajstić information content (AvgIpc) is 2.90. The summed E-state index contributed by atoms with van der Waals surface area (Å²) in [5, 5.41) is 3.07. The topological polar surface area (TPSA) is 75.7 Å². The normalized spacial score (nSPS) is 15.4. The van der Waals surface area contributed by atoms with Crippen molar-refractivity contribution >= 4 is 15.9 Å². The van der Waals surface area contributed by atoms with Gasteiger partial charge in [-0.05, 0) is 55.2 Å². The van der Waals surface area contributed by atoms with Gasteiger partial charge in [0.1, 0.15) is 5.75 Å². The molecule has 0 saturated heterocycles. The van der Waals surface area contributed by atoms with Crippen molar-refractivity contribution in [3.8, 4) is 5.75 Å². The molecular formula is C29H34N2O4S. The molecule has 0 radical (unpaired) electrons. The highest BCUT2D eigenvalue weighted by atomic mass is 32.2. The van der Waals surface area contributed by atoms with Crippen LogP contribution in [0.15, 0.2) is 89.8 Å². The van der Waals surface area contributed by atoms with E-state index in [-0.39, 0.29) is 29.9 Å². The minimum atomic E-state index is -3.78. The highest BCUT2D eigenvalue weighted by Crippen LogP contribution is 2.24. The second-order valence-corrected chi connectivity index (χ2v) is 11.3. The monoisotopic (exact) mass is 506 g/mol. The summed E-state index contributed by atoms with van der Waals surface area (Å²) in [5.74, 6) is 0.313. The van der Waals surface area contributed by atoms with E-state index in [9.17, 15) is 13.2 Å². The van der Waals surface area contributed by atoms with Crippen LogP contribution in [0.5, 0.6) is 5.75 Å². The molecule has 6 nitrogen and oxygen atoms in total. The maximum absolute atomic E-state index is 13.6. The van der Waals surface area contributed by atoms with E-state index >= 15 is 0 Å². The number of hydrogen-bond donors (Lipinski definition) is 1. The molecule has 4 rings (SSSR count). The number of carbonyl (C=O) groups excluding carboxylic acids is 1. The SMILES string of the molecule is C[C@H](Oc1ccc(S(=O)(=O)N(Cc2ccccc2)Cc2ccccc2)cc1)C(=O)NC1CCCCC1. The maximum atomic E-state index is 13.6. The standard InChI is InChI=1S/C29H34N2O4S/c1-23(29(32)30-26-15-9-4-10-16-26)35-27-17-19-28(20-18-27)36(33,34)31(21-24-11-5-2-6-12-24)22-25-13-7-3-8-14-25/h2-3,5-8,11-14,17-20,23,26H,4,9-10,15-16,21-22H2,1H3,(H,30,32)/t23-/m0/s1. The predicted molar refractivity (Wildman–Crippen MR) is 141 cm³/mol. The van der Waals surface area contributed by atoms with Gasteiger partial charge >= 0.3 is 0 Å². The van der Waals surface area contributed by atoms with Crippen LogP contribution in [0.3, 0.4) is 0 Å². The van der Waals surface area contributed by atoms with Crippen LogP contribution in [-0.4, -0.2) is 30.8 Å². The summed E-state index contributed by atoms with van der Waals surface area (Å²) in [7, 11) is -3.78. The lowest BCUT2D eigenvalue weighted by Gasteiger charge is -2.25. The number of ether oxygens (including phenoxy) is 1. The van der Waals surface area contributed by atoms with Crippen LogP contribution >= 0.6 is 0 Å². The molecule has 36 heavy (non-hydrogen) atoms. The van der Waals surface area contributed by atoms with Crippen molar-refractivity contribution < 1.29 is 17.9 Å². The van der Waals surface area contributed by atoms with Gasteiger partial charge in [-0.3, -0.25) is 4.79 Å². The summed E-state index contributed by atoms with van der Waals surface area (Å²) < 4.78 is 34.5. The van der Waals surface area contributed by atoms with Crippen molar-refractivity contribution in [2.75, 3.05) is 0 Å². The molecule has 1 saturated carbocycles. The second-order valence-electron chi connectivity index (χ2n) is 9.32. The van der Waals surface area contributed by atoms with Crippen molar-refractivity contribution in [1.82, 2.24) is 9.62 Å². The number of sulfonamides is 1. The molecule has 0 aromatic heterocycles. The van der Waals surface area contributed by atoms with Crippen molar-refractivity contribution in [1.29, 1.82) is 0 Å². The number of nitrogens with one attached hydrogen (secondary N) is 1. The zero-order valence-electron chi connectivity index (χ0n) is 20.7. The summed E-state index contributed by atoms with van der Waals surface area (Å²) in [5.41, 5.74) is 1.82. The van der Waals surface area contributed by atoms with Gasteiger partial charge in [0.25, 0.3) is 5.91 Å². The Morgan fingerprint density at radius 2 is 1.39 bits per heavy atom. The molecule has 1 fully saturated rings. The van der Waals surface area contributed by atoms with Gasteiger partial charge in [0.15, 0.2) is 6.10 Å². The van der Waals surface area contributed by atoms with Crippen LogP contribution in [0.4, 0.5) is 0 Å². The summed E-state index contributed by atoms with van der Waals surface area (Å²) in [6, 6.07) is 25.6. The summed E-state index contributed by atoms with van der Waals surface area (Å²) in [6.07, 6.45) is 4.86. The molecule has 7 heteroatoms. The van der Waals surface area contributed by atoms with Gasteiger partial charge in [-0.15, -0.1) is 0 Å². The molecule has 0 bridgehead atoms. The molecule has 0 aliphatic heterocycles. The van der Waals surface area contributed by atoms with Crippen LogP contribution < -0.4 is 10.1 Å². The number of carbonyl (C=O) groups is 1. The van der Waals surface area contributed by atoms with Gasteiger partial charge < -0.3 is 10.1 Å². The van der Waals surface area contributed by atoms with E-state index in [1.54, 1.807) is 31.2 Å². The van der Waals surface area contributed by atoms with Gasteiger partial charge in [-0.2, -0.15) is 4.31 Å². The molecule has 0 spiro atoms. The molecule has 1 aliphatic rings. The Morgan fingerprint density at radius 1 is 0.861 bits per heavy atom. The van der Waals surface area contributed by atoms with E-state index in [2.05, 4.69) is 5.32 Å². The summed E-state index contributed by atoms with van der Waals surface area (Å²) in [6.45, 7) is 2.23. The van der Waals surface area contributed by atoms with Crippen molar-refractivity contribution in [3.05, 3.63) is 96.1 Å². The van der Waals surface area contributed by atoms with Crippen LogP contribution in [0, 0.1) is 0 Å². The lowest BCUT2D eigenvalue weighted by atomic mass is 9.95. The Morgan fingerprint density at radius 3 is 1.92 bits per heavy atom. The Balaban J connectivity index is 1.46. The molecule has 190 valence electrons. The first kappa shape index (κ1) is 25.9. The second kappa shape index (κ2) is 12.2. The van der Waals surface area contributed by atoms with Gasteiger partial charge in [0, 0.05) is 19.1 Å². The molecule has 0 unspecified atom stereocenters. The smallest absolute Gasteiger partial charge is 0.260 e. The van der Waals surface area contributed by atoms with E-state index in [0.29, 0.717) is 5.75 Å². The van der Waals surface area contributed by atoms with E-state index in [0.717, 1.165) is 36.8 Å². The first-order valence-electron chi connectivity index (χ1n) is 12.6. The fourth-order valence-corrected chi connectivity index (χ4v) is 5.88. The molecule has 0 heterocycles. The number of hydrogen-bond acceptors (Lipinski definition) is 4. The zero-order valence-corrected chi connectivity index (χ0v) is 21.5.